The van der Waals surface area contributed by atoms with Crippen LogP contribution in [-0.4, -0.2) is 20.2 Å². The van der Waals surface area contributed by atoms with E-state index in [4.69, 9.17) is 5.73 Å². The average Bonchev–Trinajstić information content (AvgIpc) is 2.47. The SMILES string of the molecule is CCC1CCC(CN)C(S(=O)(=O)c2ccccc2)C1. The molecule has 0 bridgehead atoms. The van der Waals surface area contributed by atoms with E-state index in [1.54, 1.807) is 24.3 Å². The van der Waals surface area contributed by atoms with Crippen molar-refractivity contribution in [3.8, 4) is 0 Å². The number of hydrogen-bond donors (Lipinski definition) is 1. The Bertz CT molecular complexity index is 498. The lowest BCUT2D eigenvalue weighted by Crippen LogP contribution is -2.39. The summed E-state index contributed by atoms with van der Waals surface area (Å²) in [5.74, 6) is 0.624. The Morgan fingerprint density at radius 1 is 1.21 bits per heavy atom. The van der Waals surface area contributed by atoms with Crippen LogP contribution in [-0.2, 0) is 9.84 Å². The molecule has 4 heteroatoms. The third-order valence-electron chi connectivity index (χ3n) is 4.39. The first-order chi connectivity index (χ1) is 9.09. The van der Waals surface area contributed by atoms with Gasteiger partial charge >= 0.3 is 0 Å². The van der Waals surface area contributed by atoms with E-state index >= 15 is 0 Å². The lowest BCUT2D eigenvalue weighted by molar-refractivity contribution is 0.275. The molecule has 0 aliphatic heterocycles. The van der Waals surface area contributed by atoms with Gasteiger partial charge in [-0.15, -0.1) is 0 Å². The zero-order chi connectivity index (χ0) is 13.9. The van der Waals surface area contributed by atoms with Crippen LogP contribution < -0.4 is 5.73 Å². The predicted molar refractivity (Wildman–Crippen MR) is 77.6 cm³/mol. The molecule has 1 aliphatic rings. The summed E-state index contributed by atoms with van der Waals surface area (Å²) in [6.07, 6.45) is 3.86. The fourth-order valence-corrected chi connectivity index (χ4v) is 5.25. The molecule has 0 spiro atoms. The molecule has 2 rings (SSSR count). The second-order valence-electron chi connectivity index (χ2n) is 5.48. The Hall–Kier alpha value is -0.870. The molecule has 0 saturated heterocycles. The molecular weight excluding hydrogens is 258 g/mol. The van der Waals surface area contributed by atoms with E-state index in [1.165, 1.54) is 0 Å². The van der Waals surface area contributed by atoms with Gasteiger partial charge in [-0.05, 0) is 43.4 Å². The maximum absolute atomic E-state index is 12.8. The first-order valence-corrected chi connectivity index (χ1v) is 8.63. The molecule has 0 amide bonds. The van der Waals surface area contributed by atoms with Crippen molar-refractivity contribution in [2.45, 2.75) is 42.8 Å². The molecule has 106 valence electrons. The lowest BCUT2D eigenvalue weighted by Gasteiger charge is -2.34. The summed E-state index contributed by atoms with van der Waals surface area (Å²) in [5.41, 5.74) is 5.79. The van der Waals surface area contributed by atoms with Crippen LogP contribution in [0, 0.1) is 11.8 Å². The summed E-state index contributed by atoms with van der Waals surface area (Å²) >= 11 is 0. The van der Waals surface area contributed by atoms with E-state index in [2.05, 4.69) is 6.92 Å². The van der Waals surface area contributed by atoms with Crippen LogP contribution in [0.4, 0.5) is 0 Å². The van der Waals surface area contributed by atoms with Crippen molar-refractivity contribution in [1.82, 2.24) is 0 Å². The first-order valence-electron chi connectivity index (χ1n) is 7.08. The molecule has 0 aromatic heterocycles. The summed E-state index contributed by atoms with van der Waals surface area (Å²) in [6, 6.07) is 8.79. The van der Waals surface area contributed by atoms with Gasteiger partial charge in [0.05, 0.1) is 10.1 Å². The van der Waals surface area contributed by atoms with Gasteiger partial charge in [0.15, 0.2) is 9.84 Å². The van der Waals surface area contributed by atoms with Crippen LogP contribution in [0.3, 0.4) is 0 Å². The molecule has 3 atom stereocenters. The minimum absolute atomic E-state index is 0.105. The third kappa shape index (κ3) is 3.00. The van der Waals surface area contributed by atoms with E-state index < -0.39 is 9.84 Å². The second kappa shape index (κ2) is 6.06. The smallest absolute Gasteiger partial charge is 0.181 e. The van der Waals surface area contributed by atoms with Gasteiger partial charge in [0.25, 0.3) is 0 Å². The Balaban J connectivity index is 2.31. The Morgan fingerprint density at radius 2 is 1.89 bits per heavy atom. The van der Waals surface area contributed by atoms with Crippen LogP contribution in [0.5, 0.6) is 0 Å². The van der Waals surface area contributed by atoms with Gasteiger partial charge in [0.1, 0.15) is 0 Å². The van der Waals surface area contributed by atoms with E-state index in [9.17, 15) is 8.42 Å². The topological polar surface area (TPSA) is 60.2 Å². The van der Waals surface area contributed by atoms with Gasteiger partial charge in [-0.1, -0.05) is 38.0 Å². The molecule has 0 radical (unpaired) electrons. The number of benzene rings is 1. The van der Waals surface area contributed by atoms with Crippen LogP contribution in [0.25, 0.3) is 0 Å². The molecule has 0 heterocycles. The van der Waals surface area contributed by atoms with Crippen molar-refractivity contribution >= 4 is 9.84 Å². The maximum Gasteiger partial charge on any atom is 0.181 e. The van der Waals surface area contributed by atoms with Crippen molar-refractivity contribution in [2.75, 3.05) is 6.54 Å². The zero-order valence-electron chi connectivity index (χ0n) is 11.5. The van der Waals surface area contributed by atoms with E-state index in [-0.39, 0.29) is 11.2 Å². The molecule has 1 saturated carbocycles. The molecule has 1 aliphatic carbocycles. The highest BCUT2D eigenvalue weighted by Gasteiger charge is 2.38. The zero-order valence-corrected chi connectivity index (χ0v) is 12.3. The second-order valence-corrected chi connectivity index (χ2v) is 7.65. The number of rotatable bonds is 4. The van der Waals surface area contributed by atoms with Crippen LogP contribution in [0.2, 0.25) is 0 Å². The quantitative estimate of drug-likeness (QED) is 0.923. The normalized spacial score (nSPS) is 28.2. The lowest BCUT2D eigenvalue weighted by atomic mass is 9.80. The van der Waals surface area contributed by atoms with Crippen molar-refractivity contribution < 1.29 is 8.42 Å². The fourth-order valence-electron chi connectivity index (χ4n) is 3.08. The molecule has 2 N–H and O–H groups in total. The molecule has 3 unspecified atom stereocenters. The predicted octanol–water partition coefficient (Wildman–Crippen LogP) is 2.61. The van der Waals surface area contributed by atoms with Crippen molar-refractivity contribution in [3.05, 3.63) is 30.3 Å². The van der Waals surface area contributed by atoms with Crippen molar-refractivity contribution in [2.24, 2.45) is 17.6 Å². The summed E-state index contributed by atoms with van der Waals surface area (Å²) in [6.45, 7) is 2.60. The highest BCUT2D eigenvalue weighted by atomic mass is 32.2. The van der Waals surface area contributed by atoms with Gasteiger partial charge in [-0.2, -0.15) is 0 Å². The first kappa shape index (κ1) is 14.5. The number of sulfone groups is 1. The van der Waals surface area contributed by atoms with Crippen LogP contribution >= 0.6 is 0 Å². The summed E-state index contributed by atoms with van der Waals surface area (Å²) in [4.78, 5) is 0.440. The summed E-state index contributed by atoms with van der Waals surface area (Å²) < 4.78 is 25.5. The Kier molecular flexibility index (Phi) is 4.63. The van der Waals surface area contributed by atoms with E-state index in [0.717, 1.165) is 25.7 Å². The molecule has 1 aromatic carbocycles. The van der Waals surface area contributed by atoms with Crippen LogP contribution in [0.15, 0.2) is 35.2 Å². The van der Waals surface area contributed by atoms with Gasteiger partial charge in [0, 0.05) is 0 Å². The van der Waals surface area contributed by atoms with E-state index in [1.807, 2.05) is 6.07 Å². The molecular formula is C15H23NO2S. The van der Waals surface area contributed by atoms with Crippen molar-refractivity contribution in [1.29, 1.82) is 0 Å². The van der Waals surface area contributed by atoms with Gasteiger partial charge in [-0.3, -0.25) is 0 Å². The summed E-state index contributed by atoms with van der Waals surface area (Å²) in [7, 11) is -3.25. The van der Waals surface area contributed by atoms with Gasteiger partial charge in [-0.25, -0.2) is 8.42 Å². The molecule has 19 heavy (non-hydrogen) atoms. The minimum atomic E-state index is -3.25. The molecule has 1 aromatic rings. The maximum atomic E-state index is 12.8. The highest BCUT2D eigenvalue weighted by molar-refractivity contribution is 7.92. The fraction of sp³-hybridized carbons (Fsp3) is 0.600. The van der Waals surface area contributed by atoms with Gasteiger partial charge < -0.3 is 5.73 Å². The Labute approximate surface area is 116 Å². The van der Waals surface area contributed by atoms with Gasteiger partial charge in [0.2, 0.25) is 0 Å². The Morgan fingerprint density at radius 3 is 2.47 bits per heavy atom. The molecule has 1 fully saturated rings. The number of hydrogen-bond acceptors (Lipinski definition) is 3. The van der Waals surface area contributed by atoms with Crippen LogP contribution in [0.1, 0.15) is 32.6 Å². The standard InChI is InChI=1S/C15H23NO2S/c1-2-12-8-9-13(11-16)15(10-12)19(17,18)14-6-4-3-5-7-14/h3-7,12-13,15H,2,8-11,16H2,1H3. The molecule has 3 nitrogen and oxygen atoms in total. The largest absolute Gasteiger partial charge is 0.330 e. The monoisotopic (exact) mass is 281 g/mol. The third-order valence-corrected chi connectivity index (χ3v) is 6.69. The van der Waals surface area contributed by atoms with Crippen molar-refractivity contribution in [3.63, 3.8) is 0 Å². The summed E-state index contributed by atoms with van der Waals surface area (Å²) in [5, 5.41) is -0.307. The highest BCUT2D eigenvalue weighted by Crippen LogP contribution is 2.36. The van der Waals surface area contributed by atoms with E-state index in [0.29, 0.717) is 17.4 Å². The average molecular weight is 281 g/mol. The number of nitrogens with two attached hydrogens (primary N) is 1. The minimum Gasteiger partial charge on any atom is -0.330 e.